The number of ether oxygens (including phenoxy) is 1. The van der Waals surface area contributed by atoms with E-state index in [1.54, 1.807) is 12.0 Å². The van der Waals surface area contributed by atoms with Gasteiger partial charge in [-0.3, -0.25) is 9.59 Å². The van der Waals surface area contributed by atoms with Crippen molar-refractivity contribution in [2.75, 3.05) is 18.6 Å². The monoisotopic (exact) mass is 364 g/mol. The van der Waals surface area contributed by atoms with Gasteiger partial charge in [-0.05, 0) is 36.5 Å². The van der Waals surface area contributed by atoms with Crippen molar-refractivity contribution in [1.29, 1.82) is 0 Å². The van der Waals surface area contributed by atoms with E-state index in [9.17, 15) is 9.59 Å². The zero-order valence-electron chi connectivity index (χ0n) is 15.4. The maximum absolute atomic E-state index is 12.9. The molecule has 1 N–H and O–H groups in total. The molecule has 1 saturated heterocycles. The molecule has 0 spiro atoms. The van der Waals surface area contributed by atoms with Crippen LogP contribution in [0.5, 0.6) is 5.75 Å². The van der Waals surface area contributed by atoms with E-state index in [4.69, 9.17) is 4.74 Å². The van der Waals surface area contributed by atoms with Gasteiger partial charge in [0.15, 0.2) is 0 Å². The molecule has 2 aromatic carbocycles. The van der Waals surface area contributed by atoms with E-state index in [0.29, 0.717) is 18.2 Å². The second kappa shape index (κ2) is 7.43. The minimum Gasteiger partial charge on any atom is -0.497 e. The quantitative estimate of drug-likeness (QED) is 0.855. The molecule has 5 heteroatoms. The van der Waals surface area contributed by atoms with Crippen LogP contribution >= 0.6 is 0 Å². The van der Waals surface area contributed by atoms with E-state index in [2.05, 4.69) is 17.4 Å². The Morgan fingerprint density at radius 3 is 2.63 bits per heavy atom. The first-order chi connectivity index (χ1) is 13.2. The lowest BCUT2D eigenvalue weighted by atomic mass is 10.0. The average molecular weight is 364 g/mol. The zero-order chi connectivity index (χ0) is 18.8. The molecule has 140 valence electrons. The lowest BCUT2D eigenvalue weighted by molar-refractivity contribution is -0.127. The summed E-state index contributed by atoms with van der Waals surface area (Å²) in [4.78, 5) is 27.1. The van der Waals surface area contributed by atoms with Crippen LogP contribution in [0, 0.1) is 11.8 Å². The smallest absolute Gasteiger partial charge is 0.227 e. The summed E-state index contributed by atoms with van der Waals surface area (Å²) in [7, 11) is 1.60. The van der Waals surface area contributed by atoms with Crippen LogP contribution in [0.25, 0.3) is 0 Å². The predicted octanol–water partition coefficient (Wildman–Crippen LogP) is 3.32. The highest BCUT2D eigenvalue weighted by Crippen LogP contribution is 2.41. The van der Waals surface area contributed by atoms with Crippen LogP contribution in [0.2, 0.25) is 0 Å². The van der Waals surface area contributed by atoms with E-state index < -0.39 is 0 Å². The van der Waals surface area contributed by atoms with Crippen LogP contribution in [0.15, 0.2) is 54.6 Å². The van der Waals surface area contributed by atoms with Gasteiger partial charge in [-0.2, -0.15) is 0 Å². The molecule has 27 heavy (non-hydrogen) atoms. The van der Waals surface area contributed by atoms with Crippen LogP contribution in [-0.4, -0.2) is 25.5 Å². The SMILES string of the molecule is COc1cccc(N2CC(C(=O)NC(c3ccccc3)C3CC3)CC2=O)c1. The number of anilines is 1. The lowest BCUT2D eigenvalue weighted by Gasteiger charge is -2.21. The molecule has 2 fully saturated rings. The van der Waals surface area contributed by atoms with E-state index in [1.165, 1.54) is 0 Å². The number of rotatable bonds is 6. The Morgan fingerprint density at radius 2 is 1.93 bits per heavy atom. The molecule has 2 atom stereocenters. The number of carbonyl (C=O) groups is 2. The maximum atomic E-state index is 12.9. The number of carbonyl (C=O) groups excluding carboxylic acids is 2. The minimum absolute atomic E-state index is 0.0221. The summed E-state index contributed by atoms with van der Waals surface area (Å²) >= 11 is 0. The fourth-order valence-corrected chi connectivity index (χ4v) is 3.75. The molecule has 2 aliphatic rings. The van der Waals surface area contributed by atoms with Gasteiger partial charge >= 0.3 is 0 Å². The van der Waals surface area contributed by atoms with Crippen molar-refractivity contribution in [1.82, 2.24) is 5.32 Å². The van der Waals surface area contributed by atoms with Crippen LogP contribution < -0.4 is 15.0 Å². The molecule has 0 radical (unpaired) electrons. The molecule has 2 unspecified atom stereocenters. The summed E-state index contributed by atoms with van der Waals surface area (Å²) in [5.74, 6) is 0.822. The fourth-order valence-electron chi connectivity index (χ4n) is 3.75. The third kappa shape index (κ3) is 3.82. The molecular formula is C22H24N2O3. The van der Waals surface area contributed by atoms with Gasteiger partial charge in [-0.25, -0.2) is 0 Å². The zero-order valence-corrected chi connectivity index (χ0v) is 15.4. The molecule has 1 aliphatic heterocycles. The van der Waals surface area contributed by atoms with Crippen LogP contribution in [0.1, 0.15) is 30.9 Å². The van der Waals surface area contributed by atoms with Crippen molar-refractivity contribution in [3.8, 4) is 5.75 Å². The molecule has 0 bridgehead atoms. The number of hydrogen-bond acceptors (Lipinski definition) is 3. The maximum Gasteiger partial charge on any atom is 0.227 e. The third-order valence-corrected chi connectivity index (χ3v) is 5.41. The molecule has 4 rings (SSSR count). The highest BCUT2D eigenvalue weighted by molar-refractivity contribution is 6.00. The first-order valence-corrected chi connectivity index (χ1v) is 9.45. The number of benzene rings is 2. The summed E-state index contributed by atoms with van der Waals surface area (Å²) in [5, 5.41) is 3.21. The molecule has 0 aromatic heterocycles. The first kappa shape index (κ1) is 17.6. The Bertz CT molecular complexity index is 832. The summed E-state index contributed by atoms with van der Waals surface area (Å²) in [6.07, 6.45) is 2.52. The van der Waals surface area contributed by atoms with E-state index in [1.807, 2.05) is 42.5 Å². The Balaban J connectivity index is 1.46. The van der Waals surface area contributed by atoms with E-state index >= 15 is 0 Å². The fraction of sp³-hybridized carbons (Fsp3) is 0.364. The van der Waals surface area contributed by atoms with Crippen molar-refractivity contribution < 1.29 is 14.3 Å². The van der Waals surface area contributed by atoms with E-state index in [0.717, 1.165) is 24.1 Å². The molecule has 2 amide bonds. The van der Waals surface area contributed by atoms with Gasteiger partial charge in [-0.15, -0.1) is 0 Å². The third-order valence-electron chi connectivity index (χ3n) is 5.41. The average Bonchev–Trinajstić information content (AvgIpc) is 3.47. The van der Waals surface area contributed by atoms with Crippen molar-refractivity contribution in [3.05, 3.63) is 60.2 Å². The van der Waals surface area contributed by atoms with Crippen molar-refractivity contribution >= 4 is 17.5 Å². The Morgan fingerprint density at radius 1 is 1.15 bits per heavy atom. The number of hydrogen-bond donors (Lipinski definition) is 1. The summed E-state index contributed by atoms with van der Waals surface area (Å²) in [6, 6.07) is 17.5. The molecule has 1 saturated carbocycles. The van der Waals surface area contributed by atoms with Crippen molar-refractivity contribution in [2.24, 2.45) is 11.8 Å². The van der Waals surface area contributed by atoms with Gasteiger partial charge < -0.3 is 15.0 Å². The highest BCUT2D eigenvalue weighted by atomic mass is 16.5. The Labute approximate surface area is 159 Å². The largest absolute Gasteiger partial charge is 0.497 e. The van der Waals surface area contributed by atoms with Gasteiger partial charge in [0.1, 0.15) is 5.75 Å². The summed E-state index contributed by atoms with van der Waals surface area (Å²) < 4.78 is 5.24. The minimum atomic E-state index is -0.325. The molecular weight excluding hydrogens is 340 g/mol. The normalized spacial score (nSPS) is 20.4. The number of nitrogens with one attached hydrogen (secondary N) is 1. The van der Waals surface area contributed by atoms with Gasteiger partial charge in [0.25, 0.3) is 0 Å². The number of amides is 2. The molecule has 5 nitrogen and oxygen atoms in total. The van der Waals surface area contributed by atoms with Crippen molar-refractivity contribution in [2.45, 2.75) is 25.3 Å². The topological polar surface area (TPSA) is 58.6 Å². The number of methoxy groups -OCH3 is 1. The second-order valence-electron chi connectivity index (χ2n) is 7.34. The predicted molar refractivity (Wildman–Crippen MR) is 104 cm³/mol. The standard InChI is InChI=1S/C22H24N2O3/c1-27-19-9-5-8-18(13-19)24-14-17(12-20(24)25)22(26)23-21(16-10-11-16)15-6-3-2-4-7-15/h2-9,13,16-17,21H,10-12,14H2,1H3,(H,23,26). The second-order valence-corrected chi connectivity index (χ2v) is 7.34. The molecule has 2 aromatic rings. The van der Waals surface area contributed by atoms with Crippen LogP contribution in [-0.2, 0) is 9.59 Å². The van der Waals surface area contributed by atoms with Crippen molar-refractivity contribution in [3.63, 3.8) is 0 Å². The van der Waals surface area contributed by atoms with E-state index in [-0.39, 0.29) is 30.2 Å². The Hall–Kier alpha value is -2.82. The summed E-state index contributed by atoms with van der Waals surface area (Å²) in [6.45, 7) is 0.407. The van der Waals surface area contributed by atoms with Gasteiger partial charge in [0.05, 0.1) is 19.1 Å². The van der Waals surface area contributed by atoms with Crippen LogP contribution in [0.3, 0.4) is 0 Å². The first-order valence-electron chi connectivity index (χ1n) is 9.45. The summed E-state index contributed by atoms with van der Waals surface area (Å²) in [5.41, 5.74) is 1.92. The number of nitrogens with zero attached hydrogens (tertiary/aromatic N) is 1. The molecule has 1 heterocycles. The Kier molecular flexibility index (Phi) is 4.84. The van der Waals surface area contributed by atoms with Gasteiger partial charge in [0.2, 0.25) is 11.8 Å². The lowest BCUT2D eigenvalue weighted by Crippen LogP contribution is -2.36. The van der Waals surface area contributed by atoms with Crippen LogP contribution in [0.4, 0.5) is 5.69 Å². The van der Waals surface area contributed by atoms with Gasteiger partial charge in [0, 0.05) is 24.7 Å². The molecule has 1 aliphatic carbocycles. The van der Waals surface area contributed by atoms with Gasteiger partial charge in [-0.1, -0.05) is 36.4 Å². The highest BCUT2D eigenvalue weighted by Gasteiger charge is 2.39.